The van der Waals surface area contributed by atoms with Gasteiger partial charge in [0, 0.05) is 22.9 Å². The Kier molecular flexibility index (Phi) is 5.14. The van der Waals surface area contributed by atoms with Gasteiger partial charge in [-0.1, -0.05) is 11.8 Å². The summed E-state index contributed by atoms with van der Waals surface area (Å²) in [5, 5.41) is 2.02. The van der Waals surface area contributed by atoms with E-state index >= 15 is 0 Å². The second-order valence-corrected chi connectivity index (χ2v) is 7.75. The highest BCUT2D eigenvalue weighted by molar-refractivity contribution is 8.01. The second-order valence-electron chi connectivity index (χ2n) is 5.15. The molecule has 1 atom stereocenters. The quantitative estimate of drug-likeness (QED) is 0.872. The summed E-state index contributed by atoms with van der Waals surface area (Å²) in [5.41, 5.74) is 6.35. The van der Waals surface area contributed by atoms with Gasteiger partial charge in [-0.2, -0.15) is 0 Å². The van der Waals surface area contributed by atoms with E-state index in [0.29, 0.717) is 13.1 Å². The van der Waals surface area contributed by atoms with Crippen LogP contribution in [-0.2, 0) is 11.3 Å². The van der Waals surface area contributed by atoms with E-state index in [1.165, 1.54) is 0 Å². The maximum absolute atomic E-state index is 12.5. The molecule has 2 rings (SSSR count). The first-order valence-corrected chi connectivity index (χ1v) is 8.57. The number of nitrogens with zero attached hydrogens (tertiary/aromatic N) is 1. The van der Waals surface area contributed by atoms with E-state index < -0.39 is 0 Å². The lowest BCUT2D eigenvalue weighted by atomic mass is 10.0. The molecule has 1 unspecified atom stereocenters. The third-order valence-electron chi connectivity index (χ3n) is 3.40. The fourth-order valence-electron chi connectivity index (χ4n) is 2.34. The normalized spacial score (nSPS) is 21.4. The average Bonchev–Trinajstić information content (AvgIpc) is 3.05. The van der Waals surface area contributed by atoms with Crippen LogP contribution in [0.5, 0.6) is 0 Å². The van der Waals surface area contributed by atoms with Crippen molar-refractivity contribution in [2.75, 3.05) is 19.3 Å². The Morgan fingerprint density at radius 1 is 1.60 bits per heavy atom. The predicted molar refractivity (Wildman–Crippen MR) is 86.8 cm³/mol. The van der Waals surface area contributed by atoms with E-state index in [2.05, 4.69) is 18.8 Å². The van der Waals surface area contributed by atoms with Gasteiger partial charge in [-0.25, -0.2) is 0 Å². The number of hydrogen-bond acceptors (Lipinski definition) is 4. The van der Waals surface area contributed by atoms with Crippen molar-refractivity contribution in [1.82, 2.24) is 4.90 Å². The van der Waals surface area contributed by atoms with Crippen LogP contribution in [0.2, 0.25) is 0 Å². The molecular formula is C15H20N2OS2. The number of hydrogen-bond donors (Lipinski definition) is 1. The van der Waals surface area contributed by atoms with Gasteiger partial charge in [0.25, 0.3) is 0 Å². The minimum absolute atomic E-state index is 0.228. The van der Waals surface area contributed by atoms with Gasteiger partial charge >= 0.3 is 0 Å². The maximum Gasteiger partial charge on any atom is 0.238 e. The molecule has 1 amide bonds. The van der Waals surface area contributed by atoms with E-state index in [0.717, 1.165) is 29.0 Å². The predicted octanol–water partition coefficient (Wildman–Crippen LogP) is 2.30. The van der Waals surface area contributed by atoms with E-state index in [-0.39, 0.29) is 10.7 Å². The number of thiophene rings is 1. The van der Waals surface area contributed by atoms with E-state index in [9.17, 15) is 4.79 Å². The molecule has 1 aromatic rings. The molecule has 0 radical (unpaired) electrons. The van der Waals surface area contributed by atoms with E-state index in [1.807, 2.05) is 23.4 Å². The lowest BCUT2D eigenvalue weighted by Gasteiger charge is -2.27. The highest BCUT2D eigenvalue weighted by Gasteiger charge is 2.39. The largest absolute Gasteiger partial charge is 0.339 e. The van der Waals surface area contributed by atoms with Crippen molar-refractivity contribution in [3.8, 4) is 11.8 Å². The highest BCUT2D eigenvalue weighted by atomic mass is 32.2. The number of carbonyl (C=O) groups excluding carboxylic acids is 1. The summed E-state index contributed by atoms with van der Waals surface area (Å²) < 4.78 is -0.228. The summed E-state index contributed by atoms with van der Waals surface area (Å²) in [7, 11) is 1.89. The zero-order valence-corrected chi connectivity index (χ0v) is 13.6. The van der Waals surface area contributed by atoms with Crippen LogP contribution in [0.15, 0.2) is 11.4 Å². The second kappa shape index (κ2) is 6.66. The van der Waals surface area contributed by atoms with Crippen LogP contribution < -0.4 is 5.73 Å². The van der Waals surface area contributed by atoms with Crippen LogP contribution in [0.3, 0.4) is 0 Å². The summed E-state index contributed by atoms with van der Waals surface area (Å²) in [6.07, 6.45) is 2.12. The summed E-state index contributed by atoms with van der Waals surface area (Å²) in [6, 6.07) is 2.04. The Morgan fingerprint density at radius 3 is 3.05 bits per heavy atom. The summed E-state index contributed by atoms with van der Waals surface area (Å²) >= 11 is 3.43. The minimum atomic E-state index is -0.228. The van der Waals surface area contributed by atoms with Gasteiger partial charge in [0.1, 0.15) is 0 Å². The molecule has 5 heteroatoms. The van der Waals surface area contributed by atoms with Crippen LogP contribution in [0.25, 0.3) is 0 Å². The molecule has 2 N–H and O–H groups in total. The number of amides is 1. The topological polar surface area (TPSA) is 46.3 Å². The first kappa shape index (κ1) is 15.4. The molecule has 1 fully saturated rings. The molecule has 0 aliphatic carbocycles. The lowest BCUT2D eigenvalue weighted by Crippen LogP contribution is -2.41. The van der Waals surface area contributed by atoms with Crippen molar-refractivity contribution < 1.29 is 4.79 Å². The lowest BCUT2D eigenvalue weighted by molar-refractivity contribution is -0.132. The monoisotopic (exact) mass is 308 g/mol. The first-order valence-electron chi connectivity index (χ1n) is 6.71. The van der Waals surface area contributed by atoms with Crippen molar-refractivity contribution >= 4 is 29.0 Å². The highest BCUT2D eigenvalue weighted by Crippen LogP contribution is 2.39. The Morgan fingerprint density at radius 2 is 2.40 bits per heavy atom. The van der Waals surface area contributed by atoms with Crippen molar-refractivity contribution in [3.63, 3.8) is 0 Å². The Balaban J connectivity index is 1.98. The van der Waals surface area contributed by atoms with E-state index in [1.54, 1.807) is 23.1 Å². The molecule has 0 bridgehead atoms. The van der Waals surface area contributed by atoms with Crippen molar-refractivity contribution in [2.24, 2.45) is 5.73 Å². The molecule has 2 heterocycles. The summed E-state index contributed by atoms with van der Waals surface area (Å²) in [6.45, 7) is 3.10. The molecule has 0 aromatic carbocycles. The van der Waals surface area contributed by atoms with Crippen molar-refractivity contribution in [3.05, 3.63) is 21.9 Å². The van der Waals surface area contributed by atoms with Gasteiger partial charge in [0.2, 0.25) is 5.91 Å². The van der Waals surface area contributed by atoms with Gasteiger partial charge in [-0.3, -0.25) is 4.79 Å². The SMILES string of the molecule is CN(Cc1cc(C#CCN)cs1)C(=O)C1(C)CCCS1. The number of rotatable bonds is 3. The third kappa shape index (κ3) is 3.57. The summed E-state index contributed by atoms with van der Waals surface area (Å²) in [4.78, 5) is 15.5. The fourth-order valence-corrected chi connectivity index (χ4v) is 4.51. The van der Waals surface area contributed by atoms with Gasteiger partial charge < -0.3 is 10.6 Å². The van der Waals surface area contributed by atoms with Crippen LogP contribution in [0.1, 0.15) is 30.2 Å². The smallest absolute Gasteiger partial charge is 0.238 e. The zero-order valence-electron chi connectivity index (χ0n) is 11.9. The Bertz CT molecular complexity index is 536. The molecule has 3 nitrogen and oxygen atoms in total. The summed E-state index contributed by atoms with van der Waals surface area (Å²) in [5.74, 6) is 7.19. The van der Waals surface area contributed by atoms with Crippen LogP contribution >= 0.6 is 23.1 Å². The molecule has 108 valence electrons. The van der Waals surface area contributed by atoms with Gasteiger partial charge in [0.05, 0.1) is 17.8 Å². The molecular weight excluding hydrogens is 288 g/mol. The van der Waals surface area contributed by atoms with Gasteiger partial charge in [-0.05, 0) is 31.6 Å². The van der Waals surface area contributed by atoms with Gasteiger partial charge in [0.15, 0.2) is 0 Å². The number of thioether (sulfide) groups is 1. The molecule has 1 aliphatic heterocycles. The Hall–Kier alpha value is -0.960. The molecule has 1 aromatic heterocycles. The molecule has 0 spiro atoms. The van der Waals surface area contributed by atoms with Gasteiger partial charge in [-0.15, -0.1) is 23.1 Å². The standard InChI is InChI=1S/C15H20N2OS2/c1-15(6-4-8-20-15)14(18)17(2)10-13-9-12(11-19-13)5-3-7-16/h9,11H,4,6-8,10,16H2,1-2H3. The molecule has 1 aliphatic rings. The van der Waals surface area contributed by atoms with E-state index in [4.69, 9.17) is 5.73 Å². The van der Waals surface area contributed by atoms with Crippen LogP contribution in [-0.4, -0.2) is 34.9 Å². The zero-order chi connectivity index (χ0) is 14.6. The molecule has 1 saturated heterocycles. The minimum Gasteiger partial charge on any atom is -0.339 e. The van der Waals surface area contributed by atoms with Crippen molar-refractivity contribution in [1.29, 1.82) is 0 Å². The number of nitrogens with two attached hydrogens (primary N) is 1. The van der Waals surface area contributed by atoms with Crippen LogP contribution in [0.4, 0.5) is 0 Å². The third-order valence-corrected chi connectivity index (χ3v) is 5.83. The maximum atomic E-state index is 12.5. The van der Waals surface area contributed by atoms with Crippen molar-refractivity contribution in [2.45, 2.75) is 31.1 Å². The fraction of sp³-hybridized carbons (Fsp3) is 0.533. The molecule has 0 saturated carbocycles. The first-order chi connectivity index (χ1) is 9.55. The molecule has 20 heavy (non-hydrogen) atoms. The van der Waals surface area contributed by atoms with Crippen LogP contribution in [0, 0.1) is 11.8 Å². The Labute approximate surface area is 128 Å². The number of carbonyl (C=O) groups is 1. The average molecular weight is 308 g/mol.